The van der Waals surface area contributed by atoms with Gasteiger partial charge in [0.05, 0.1) is 0 Å². The zero-order valence-corrected chi connectivity index (χ0v) is 12.5. The van der Waals surface area contributed by atoms with E-state index < -0.39 is 0 Å². The minimum atomic E-state index is 0.215. The third-order valence-corrected chi connectivity index (χ3v) is 3.63. The molecule has 0 bridgehead atoms. The first kappa shape index (κ1) is 14.6. The maximum absolute atomic E-state index is 6.00. The van der Waals surface area contributed by atoms with Crippen molar-refractivity contribution in [1.29, 1.82) is 0 Å². The lowest BCUT2D eigenvalue weighted by Crippen LogP contribution is -2.21. The van der Waals surface area contributed by atoms with Crippen LogP contribution in [0.2, 0.25) is 0 Å². The maximum Gasteiger partial charge on any atom is 0.127 e. The fourth-order valence-electron chi connectivity index (χ4n) is 2.10. The minimum Gasteiger partial charge on any atom is -0.457 e. The molecule has 0 saturated carbocycles. The molecule has 0 fully saturated rings. The van der Waals surface area contributed by atoms with Crippen LogP contribution in [0.4, 0.5) is 0 Å². The average Bonchev–Trinajstić information content (AvgIpc) is 2.43. The monoisotopic (exact) mass is 269 g/mol. The van der Waals surface area contributed by atoms with E-state index in [9.17, 15) is 0 Å². The molecular formula is C18H23NO. The predicted octanol–water partition coefficient (Wildman–Crippen LogP) is 4.38. The van der Waals surface area contributed by atoms with Crippen molar-refractivity contribution in [3.8, 4) is 11.5 Å². The van der Waals surface area contributed by atoms with E-state index in [1.807, 2.05) is 18.2 Å². The third kappa shape index (κ3) is 3.84. The smallest absolute Gasteiger partial charge is 0.127 e. The van der Waals surface area contributed by atoms with Gasteiger partial charge in [-0.2, -0.15) is 0 Å². The van der Waals surface area contributed by atoms with Gasteiger partial charge in [0, 0.05) is 6.04 Å². The fourth-order valence-corrected chi connectivity index (χ4v) is 2.10. The molecule has 0 aliphatic carbocycles. The van der Waals surface area contributed by atoms with Crippen LogP contribution >= 0.6 is 0 Å². The highest BCUT2D eigenvalue weighted by atomic mass is 16.5. The topological polar surface area (TPSA) is 35.2 Å². The Balaban J connectivity index is 2.12. The Bertz CT molecular complexity index is 577. The van der Waals surface area contributed by atoms with Crippen molar-refractivity contribution in [3.63, 3.8) is 0 Å². The zero-order valence-electron chi connectivity index (χ0n) is 12.5. The molecule has 2 aromatic rings. The van der Waals surface area contributed by atoms with Gasteiger partial charge in [-0.1, -0.05) is 25.1 Å². The average molecular weight is 269 g/mol. The summed E-state index contributed by atoms with van der Waals surface area (Å²) in [6, 6.07) is 14.6. The van der Waals surface area contributed by atoms with Crippen molar-refractivity contribution >= 4 is 0 Å². The van der Waals surface area contributed by atoms with Crippen LogP contribution in [0.3, 0.4) is 0 Å². The van der Waals surface area contributed by atoms with E-state index in [-0.39, 0.29) is 6.04 Å². The van der Waals surface area contributed by atoms with Gasteiger partial charge in [0.25, 0.3) is 0 Å². The lowest BCUT2D eigenvalue weighted by molar-refractivity contribution is 0.481. The summed E-state index contributed by atoms with van der Waals surface area (Å²) < 4.78 is 5.93. The van der Waals surface area contributed by atoms with Crippen molar-refractivity contribution in [2.75, 3.05) is 0 Å². The molecule has 0 saturated heterocycles. The molecule has 20 heavy (non-hydrogen) atoms. The Labute approximate surface area is 121 Å². The van der Waals surface area contributed by atoms with E-state index in [4.69, 9.17) is 10.5 Å². The number of benzene rings is 2. The number of aryl methyl sites for hydroxylation is 2. The second-order valence-electron chi connectivity index (χ2n) is 5.37. The van der Waals surface area contributed by atoms with E-state index in [0.29, 0.717) is 0 Å². The Hall–Kier alpha value is -1.80. The molecule has 0 aromatic heterocycles. The van der Waals surface area contributed by atoms with E-state index in [1.54, 1.807) is 0 Å². The second-order valence-corrected chi connectivity index (χ2v) is 5.37. The van der Waals surface area contributed by atoms with Gasteiger partial charge in [-0.3, -0.25) is 0 Å². The summed E-state index contributed by atoms with van der Waals surface area (Å²) in [6.07, 6.45) is 1.88. The Kier molecular flexibility index (Phi) is 4.80. The SMILES string of the molecule is CCC(N)Cc1cccc(Oc2ccc(C)c(C)c2)c1. The molecule has 2 rings (SSSR count). The molecule has 0 amide bonds. The van der Waals surface area contributed by atoms with Crippen LogP contribution in [-0.2, 0) is 6.42 Å². The standard InChI is InChI=1S/C18H23NO/c1-4-16(19)11-15-6-5-7-17(12-15)20-18-9-8-13(2)14(3)10-18/h5-10,12,16H,4,11,19H2,1-3H3. The van der Waals surface area contributed by atoms with E-state index >= 15 is 0 Å². The highest BCUT2D eigenvalue weighted by Crippen LogP contribution is 2.24. The molecule has 0 radical (unpaired) electrons. The van der Waals surface area contributed by atoms with Crippen LogP contribution in [0.1, 0.15) is 30.0 Å². The summed E-state index contributed by atoms with van der Waals surface area (Å²) in [5, 5.41) is 0. The Morgan fingerprint density at radius 3 is 2.45 bits per heavy atom. The quantitative estimate of drug-likeness (QED) is 0.874. The van der Waals surface area contributed by atoms with Crippen LogP contribution in [0.5, 0.6) is 11.5 Å². The first-order valence-corrected chi connectivity index (χ1v) is 7.18. The largest absolute Gasteiger partial charge is 0.457 e. The molecule has 0 heterocycles. The van der Waals surface area contributed by atoms with Gasteiger partial charge >= 0.3 is 0 Å². The Morgan fingerprint density at radius 1 is 1.00 bits per heavy atom. The Morgan fingerprint density at radius 2 is 1.75 bits per heavy atom. The van der Waals surface area contributed by atoms with Crippen LogP contribution in [0.15, 0.2) is 42.5 Å². The number of rotatable bonds is 5. The van der Waals surface area contributed by atoms with Crippen molar-refractivity contribution < 1.29 is 4.74 Å². The summed E-state index contributed by atoms with van der Waals surface area (Å²) in [6.45, 7) is 6.31. The van der Waals surface area contributed by atoms with Crippen molar-refractivity contribution in [1.82, 2.24) is 0 Å². The molecule has 2 aromatic carbocycles. The van der Waals surface area contributed by atoms with Gasteiger partial charge in [0.1, 0.15) is 11.5 Å². The lowest BCUT2D eigenvalue weighted by atomic mass is 10.0. The van der Waals surface area contributed by atoms with Crippen LogP contribution < -0.4 is 10.5 Å². The number of ether oxygens (including phenoxy) is 1. The first-order chi connectivity index (χ1) is 9.58. The zero-order chi connectivity index (χ0) is 14.5. The number of nitrogens with two attached hydrogens (primary N) is 1. The van der Waals surface area contributed by atoms with E-state index in [1.165, 1.54) is 16.7 Å². The molecule has 2 heteroatoms. The van der Waals surface area contributed by atoms with Crippen LogP contribution in [-0.4, -0.2) is 6.04 Å². The third-order valence-electron chi connectivity index (χ3n) is 3.63. The summed E-state index contributed by atoms with van der Waals surface area (Å²) in [5.41, 5.74) is 9.75. The van der Waals surface area contributed by atoms with Gasteiger partial charge in [0.2, 0.25) is 0 Å². The van der Waals surface area contributed by atoms with Gasteiger partial charge in [-0.05, 0) is 67.6 Å². The van der Waals surface area contributed by atoms with Crippen molar-refractivity contribution in [2.24, 2.45) is 5.73 Å². The summed E-state index contributed by atoms with van der Waals surface area (Å²) in [7, 11) is 0. The molecule has 1 atom stereocenters. The maximum atomic E-state index is 6.00. The highest BCUT2D eigenvalue weighted by molar-refractivity contribution is 5.38. The predicted molar refractivity (Wildman–Crippen MR) is 84.4 cm³/mol. The molecule has 0 aliphatic heterocycles. The molecule has 0 aliphatic rings. The fraction of sp³-hybridized carbons (Fsp3) is 0.333. The van der Waals surface area contributed by atoms with E-state index in [2.05, 4.69) is 45.0 Å². The van der Waals surface area contributed by atoms with Gasteiger partial charge in [0.15, 0.2) is 0 Å². The first-order valence-electron chi connectivity index (χ1n) is 7.18. The van der Waals surface area contributed by atoms with Crippen LogP contribution in [0, 0.1) is 13.8 Å². The lowest BCUT2D eigenvalue weighted by Gasteiger charge is -2.11. The van der Waals surface area contributed by atoms with Crippen molar-refractivity contribution in [3.05, 3.63) is 59.2 Å². The second kappa shape index (κ2) is 6.58. The van der Waals surface area contributed by atoms with Gasteiger partial charge in [-0.15, -0.1) is 0 Å². The summed E-state index contributed by atoms with van der Waals surface area (Å²) in [4.78, 5) is 0. The molecule has 2 N–H and O–H groups in total. The van der Waals surface area contributed by atoms with Gasteiger partial charge < -0.3 is 10.5 Å². The normalized spacial score (nSPS) is 12.2. The molecular weight excluding hydrogens is 246 g/mol. The molecule has 2 nitrogen and oxygen atoms in total. The van der Waals surface area contributed by atoms with Gasteiger partial charge in [-0.25, -0.2) is 0 Å². The van der Waals surface area contributed by atoms with Crippen LogP contribution in [0.25, 0.3) is 0 Å². The summed E-state index contributed by atoms with van der Waals surface area (Å²) >= 11 is 0. The van der Waals surface area contributed by atoms with Crippen molar-refractivity contribution in [2.45, 2.75) is 39.7 Å². The highest BCUT2D eigenvalue weighted by Gasteiger charge is 2.04. The number of hydrogen-bond donors (Lipinski definition) is 1. The minimum absolute atomic E-state index is 0.215. The molecule has 1 unspecified atom stereocenters. The molecule has 106 valence electrons. The molecule has 0 spiro atoms. The number of hydrogen-bond acceptors (Lipinski definition) is 2. The van der Waals surface area contributed by atoms with E-state index in [0.717, 1.165) is 24.3 Å². The summed E-state index contributed by atoms with van der Waals surface area (Å²) in [5.74, 6) is 1.75.